The Labute approximate surface area is 109 Å². The van der Waals surface area contributed by atoms with Gasteiger partial charge in [-0.3, -0.25) is 0 Å². The first-order chi connectivity index (χ1) is 8.74. The van der Waals surface area contributed by atoms with Crippen LogP contribution in [0.3, 0.4) is 0 Å². The Morgan fingerprint density at radius 1 is 1.22 bits per heavy atom. The zero-order valence-corrected chi connectivity index (χ0v) is 11.3. The van der Waals surface area contributed by atoms with Crippen LogP contribution in [-0.4, -0.2) is 31.5 Å². The number of thioether (sulfide) groups is 1. The molecule has 2 aromatic heterocycles. The van der Waals surface area contributed by atoms with Gasteiger partial charge in [-0.15, -0.1) is 20.4 Å². The average Bonchev–Trinajstić information content (AvgIpc) is 2.96. The third-order valence-electron chi connectivity index (χ3n) is 2.39. The molecule has 2 N–H and O–H groups in total. The zero-order chi connectivity index (χ0) is 13.0. The fraction of sp³-hybridized carbons (Fsp3) is 0.600. The minimum atomic E-state index is 0.562. The summed E-state index contributed by atoms with van der Waals surface area (Å²) >= 11 is 1.52. The minimum Gasteiger partial charge on any atom is -0.424 e. The van der Waals surface area contributed by atoms with Crippen molar-refractivity contribution in [3.63, 3.8) is 0 Å². The molecule has 8 heteroatoms. The molecule has 0 saturated heterocycles. The number of aryl methyl sites for hydroxylation is 2. The fourth-order valence-electron chi connectivity index (χ4n) is 1.47. The third kappa shape index (κ3) is 2.88. The van der Waals surface area contributed by atoms with Crippen molar-refractivity contribution >= 4 is 11.8 Å². The summed E-state index contributed by atoms with van der Waals surface area (Å²) in [5, 5.41) is 16.9. The number of rotatable bonds is 6. The molecule has 0 aliphatic carbocycles. The first-order valence-electron chi connectivity index (χ1n) is 5.78. The Hall–Kier alpha value is -1.41. The molecule has 2 aromatic rings. The lowest BCUT2D eigenvalue weighted by Crippen LogP contribution is -2.12. The lowest BCUT2D eigenvalue weighted by molar-refractivity contribution is 0.469. The molecule has 0 aliphatic heterocycles. The Kier molecular flexibility index (Phi) is 4.32. The van der Waals surface area contributed by atoms with E-state index in [4.69, 9.17) is 10.2 Å². The van der Waals surface area contributed by atoms with Crippen LogP contribution < -0.4 is 5.73 Å². The van der Waals surface area contributed by atoms with Crippen molar-refractivity contribution in [3.8, 4) is 0 Å². The van der Waals surface area contributed by atoms with Crippen molar-refractivity contribution in [2.75, 3.05) is 6.54 Å². The second-order valence-electron chi connectivity index (χ2n) is 3.70. The van der Waals surface area contributed by atoms with E-state index in [0.717, 1.165) is 17.4 Å². The van der Waals surface area contributed by atoms with E-state index in [1.807, 2.05) is 18.4 Å². The van der Waals surface area contributed by atoms with E-state index in [2.05, 4.69) is 20.4 Å². The SMILES string of the molecule is CCc1nnc(CSc2nnc(C)n2CCN)o1. The van der Waals surface area contributed by atoms with Crippen LogP contribution in [0, 0.1) is 6.92 Å². The first kappa shape index (κ1) is 13.0. The van der Waals surface area contributed by atoms with E-state index >= 15 is 0 Å². The van der Waals surface area contributed by atoms with Crippen LogP contribution in [0.5, 0.6) is 0 Å². The molecule has 0 aromatic carbocycles. The lowest BCUT2D eigenvalue weighted by atomic mass is 10.5. The minimum absolute atomic E-state index is 0.562. The van der Waals surface area contributed by atoms with Gasteiger partial charge in [-0.05, 0) is 6.92 Å². The van der Waals surface area contributed by atoms with E-state index < -0.39 is 0 Å². The smallest absolute Gasteiger partial charge is 0.226 e. The van der Waals surface area contributed by atoms with Crippen molar-refractivity contribution < 1.29 is 4.42 Å². The van der Waals surface area contributed by atoms with Gasteiger partial charge in [0.15, 0.2) is 5.16 Å². The third-order valence-corrected chi connectivity index (χ3v) is 3.34. The molecule has 2 heterocycles. The number of hydrogen-bond acceptors (Lipinski definition) is 7. The van der Waals surface area contributed by atoms with Crippen molar-refractivity contribution in [1.29, 1.82) is 0 Å². The van der Waals surface area contributed by atoms with E-state index in [9.17, 15) is 0 Å². The lowest BCUT2D eigenvalue weighted by Gasteiger charge is -2.04. The maximum absolute atomic E-state index is 5.56. The summed E-state index contributed by atoms with van der Waals surface area (Å²) < 4.78 is 7.42. The second-order valence-corrected chi connectivity index (χ2v) is 4.64. The predicted molar refractivity (Wildman–Crippen MR) is 67.1 cm³/mol. The highest BCUT2D eigenvalue weighted by Gasteiger charge is 2.11. The molecular weight excluding hydrogens is 252 g/mol. The van der Waals surface area contributed by atoms with Crippen LogP contribution in [0.25, 0.3) is 0 Å². The van der Waals surface area contributed by atoms with Crippen LogP contribution in [0.1, 0.15) is 24.5 Å². The Bertz CT molecular complexity index is 508. The molecule has 0 spiro atoms. The summed E-state index contributed by atoms with van der Waals surface area (Å²) in [5.74, 6) is 2.72. The van der Waals surface area contributed by atoms with Crippen LogP contribution in [0.2, 0.25) is 0 Å². The van der Waals surface area contributed by atoms with Crippen molar-refractivity contribution in [3.05, 3.63) is 17.6 Å². The molecule has 2 rings (SSSR count). The molecule has 18 heavy (non-hydrogen) atoms. The number of nitrogens with two attached hydrogens (primary N) is 1. The van der Waals surface area contributed by atoms with Gasteiger partial charge in [-0.1, -0.05) is 18.7 Å². The van der Waals surface area contributed by atoms with Crippen LogP contribution in [-0.2, 0) is 18.7 Å². The van der Waals surface area contributed by atoms with Gasteiger partial charge < -0.3 is 14.7 Å². The topological polar surface area (TPSA) is 95.7 Å². The summed E-state index contributed by atoms with van der Waals surface area (Å²) in [7, 11) is 0. The average molecular weight is 268 g/mol. The van der Waals surface area contributed by atoms with Gasteiger partial charge in [0.25, 0.3) is 0 Å². The highest BCUT2D eigenvalue weighted by molar-refractivity contribution is 7.98. The highest BCUT2D eigenvalue weighted by Crippen LogP contribution is 2.21. The van der Waals surface area contributed by atoms with Gasteiger partial charge in [0.2, 0.25) is 11.8 Å². The first-order valence-corrected chi connectivity index (χ1v) is 6.77. The zero-order valence-electron chi connectivity index (χ0n) is 10.5. The quantitative estimate of drug-likeness (QED) is 0.773. The van der Waals surface area contributed by atoms with Crippen molar-refractivity contribution in [2.45, 2.75) is 37.7 Å². The predicted octanol–water partition coefficient (Wildman–Crippen LogP) is 0.783. The van der Waals surface area contributed by atoms with Gasteiger partial charge in [-0.2, -0.15) is 0 Å². The number of nitrogens with zero attached hydrogens (tertiary/aromatic N) is 5. The molecule has 0 fully saturated rings. The molecule has 0 amide bonds. The maximum atomic E-state index is 5.56. The van der Waals surface area contributed by atoms with Crippen molar-refractivity contribution in [1.82, 2.24) is 25.0 Å². The van der Waals surface area contributed by atoms with E-state index in [-0.39, 0.29) is 0 Å². The Morgan fingerprint density at radius 2 is 2.00 bits per heavy atom. The summed E-state index contributed by atoms with van der Waals surface area (Å²) in [6, 6.07) is 0. The van der Waals surface area contributed by atoms with E-state index in [1.165, 1.54) is 11.8 Å². The monoisotopic (exact) mass is 268 g/mol. The standard InChI is InChI=1S/C10H16N6OS/c1-3-8-13-14-9(17-8)6-18-10-15-12-7(2)16(10)5-4-11/h3-6,11H2,1-2H3. The Morgan fingerprint density at radius 3 is 2.67 bits per heavy atom. The fourth-order valence-corrected chi connectivity index (χ4v) is 2.32. The summed E-state index contributed by atoms with van der Waals surface area (Å²) in [5.41, 5.74) is 5.56. The highest BCUT2D eigenvalue weighted by atomic mass is 32.2. The van der Waals surface area contributed by atoms with E-state index in [1.54, 1.807) is 0 Å². The molecule has 0 radical (unpaired) electrons. The largest absolute Gasteiger partial charge is 0.424 e. The molecule has 0 saturated carbocycles. The van der Waals surface area contributed by atoms with Crippen LogP contribution in [0.15, 0.2) is 9.57 Å². The van der Waals surface area contributed by atoms with Gasteiger partial charge >= 0.3 is 0 Å². The van der Waals surface area contributed by atoms with E-state index in [0.29, 0.717) is 30.6 Å². The van der Waals surface area contributed by atoms with Crippen molar-refractivity contribution in [2.24, 2.45) is 5.73 Å². The maximum Gasteiger partial charge on any atom is 0.226 e. The second kappa shape index (κ2) is 5.96. The normalized spacial score (nSPS) is 11.1. The van der Waals surface area contributed by atoms with Gasteiger partial charge in [0.1, 0.15) is 5.82 Å². The van der Waals surface area contributed by atoms with Gasteiger partial charge in [0, 0.05) is 19.5 Å². The molecule has 0 atom stereocenters. The summed E-state index contributed by atoms with van der Waals surface area (Å²) in [6.45, 7) is 5.17. The van der Waals surface area contributed by atoms with Crippen LogP contribution >= 0.6 is 11.8 Å². The Balaban J connectivity index is 2.01. The molecule has 98 valence electrons. The number of aromatic nitrogens is 5. The summed E-state index contributed by atoms with van der Waals surface area (Å²) in [6.07, 6.45) is 0.750. The molecule has 0 bridgehead atoms. The molecule has 7 nitrogen and oxygen atoms in total. The molecule has 0 unspecified atom stereocenters. The molecular formula is C10H16N6OS. The number of hydrogen-bond donors (Lipinski definition) is 1. The van der Waals surface area contributed by atoms with Crippen LogP contribution in [0.4, 0.5) is 0 Å². The van der Waals surface area contributed by atoms with Gasteiger partial charge in [0.05, 0.1) is 5.75 Å². The van der Waals surface area contributed by atoms with Gasteiger partial charge in [-0.25, -0.2) is 0 Å². The summed E-state index contributed by atoms with van der Waals surface area (Å²) in [4.78, 5) is 0. The molecule has 0 aliphatic rings.